The Morgan fingerprint density at radius 1 is 0.488 bits per heavy atom. The van der Waals surface area contributed by atoms with E-state index in [0.29, 0.717) is 23.3 Å². The molecule has 0 bridgehead atoms. The molecule has 1 saturated carbocycles. The van der Waals surface area contributed by atoms with Gasteiger partial charge in [-0.25, -0.2) is 9.59 Å². The van der Waals surface area contributed by atoms with Gasteiger partial charge in [-0.1, -0.05) is 132 Å². The largest absolute Gasteiger partial charge is 0.482 e. The number of carbonyl (C=O) groups is 9. The van der Waals surface area contributed by atoms with Crippen LogP contribution in [0.15, 0.2) is 103 Å². The molecule has 0 radical (unpaired) electrons. The Balaban J connectivity index is 1.41. The number of nitrogens with two attached hydrogens (primary N) is 2. The predicted octanol–water partition coefficient (Wildman–Crippen LogP) is 4.55. The Hall–Kier alpha value is -8.17. The van der Waals surface area contributed by atoms with E-state index in [0.717, 1.165) is 48.8 Å². The number of carboxylic acid groups (broad SMARTS) is 2. The Morgan fingerprint density at radius 3 is 1.38 bits per heavy atom. The molecule has 0 spiro atoms. The highest BCUT2D eigenvalue weighted by molar-refractivity contribution is 5.97. The van der Waals surface area contributed by atoms with Gasteiger partial charge in [-0.2, -0.15) is 0 Å². The Bertz CT molecular complexity index is 2790. The van der Waals surface area contributed by atoms with E-state index in [9.17, 15) is 48.3 Å². The number of ether oxygens (including phenoxy) is 2. The van der Waals surface area contributed by atoms with Gasteiger partial charge in [-0.15, -0.1) is 0 Å². The van der Waals surface area contributed by atoms with Crippen molar-refractivity contribution in [1.82, 2.24) is 31.9 Å². The number of rotatable bonds is 35. The molecule has 1 aliphatic rings. The molecule has 4 aromatic carbocycles. The van der Waals surface area contributed by atoms with Crippen molar-refractivity contribution in [1.29, 1.82) is 0 Å². The van der Waals surface area contributed by atoms with Crippen LogP contribution in [-0.2, 0) is 62.4 Å². The molecule has 12 N–H and O–H groups in total. The summed E-state index contributed by atoms with van der Waals surface area (Å²) < 4.78 is 10.6. The maximum atomic E-state index is 14.9. The lowest BCUT2D eigenvalue weighted by molar-refractivity contribution is -0.140. The monoisotopic (exact) mass is 1160 g/mol. The van der Waals surface area contributed by atoms with Crippen LogP contribution in [0.1, 0.15) is 109 Å². The van der Waals surface area contributed by atoms with Crippen molar-refractivity contribution >= 4 is 53.2 Å². The summed E-state index contributed by atoms with van der Waals surface area (Å²) in [6.07, 6.45) is 6.16. The minimum atomic E-state index is -1.40. The molecule has 1 aliphatic carbocycles. The molecular formula is C63H84N8O13. The quantitative estimate of drug-likeness (QED) is 0.0302. The molecule has 0 aliphatic heterocycles. The van der Waals surface area contributed by atoms with Gasteiger partial charge in [0.1, 0.15) is 41.7 Å². The summed E-state index contributed by atoms with van der Waals surface area (Å²) in [6, 6.07) is 22.9. The van der Waals surface area contributed by atoms with E-state index in [1.807, 2.05) is 68.4 Å². The van der Waals surface area contributed by atoms with Crippen molar-refractivity contribution in [3.63, 3.8) is 0 Å². The number of aliphatic carboxylic acids is 2. The van der Waals surface area contributed by atoms with Gasteiger partial charge in [0.05, 0.1) is 6.04 Å². The zero-order valence-corrected chi connectivity index (χ0v) is 48.6. The molecule has 0 aromatic heterocycles. The molecule has 21 nitrogen and oxygen atoms in total. The van der Waals surface area contributed by atoms with Gasteiger partial charge in [0, 0.05) is 18.8 Å². The second kappa shape index (κ2) is 34.4. The van der Waals surface area contributed by atoms with Gasteiger partial charge in [0.25, 0.3) is 0 Å². The van der Waals surface area contributed by atoms with Crippen LogP contribution in [0, 0.1) is 17.8 Å². The SMILES string of the molecule is CC(=O)[C@H](CC1CCCCC1)NC(=O)[C@H](CCN)NC(=O)[C@@H](CC(C)C)NC(=O)[C@H](CCCN)NC(=O)[C@H](Cc1ccc(OCC(=O)O)cc1)NC(=O)[C@H](Cc1ccc(-c2ccccc2)cc1)NC(=O)[C@@H](C)Cc1ccc(OCC(=O)O)cc1. The third kappa shape index (κ3) is 22.9. The average molecular weight is 1160 g/mol. The van der Waals surface area contributed by atoms with E-state index in [1.54, 1.807) is 43.3 Å². The first-order valence-electron chi connectivity index (χ1n) is 29.0. The zero-order valence-electron chi connectivity index (χ0n) is 48.6. The standard InChI is InChI=1S/C63H84N8O13/c1-39(2)32-53(61(80)67-51(29-31-65)60(79)68-52(41(4)72)34-42-12-7-5-8-13-42)70-59(78)50(16-11-30-64)66-62(81)55(36-45-21-27-49(28-22-45)84-38-57(75)76)71-63(82)54(35-44-17-23-47(24-18-44)46-14-9-6-10-15-46)69-58(77)40(3)33-43-19-25-48(26-20-43)83-37-56(73)74/h6,9-10,14-15,17-28,39-40,42,50-55H,5,7-8,11-13,16,29-38,64-65H2,1-4H3,(H,66,81)(H,67,80)(H,68,79)(H,69,77)(H,70,78)(H,71,82)(H,73,74)(H,75,76)/t40-,50-,51-,52-,53+,54-,55-/m0/s1. The van der Waals surface area contributed by atoms with Gasteiger partial charge < -0.3 is 63.1 Å². The number of amides is 6. The first-order valence-corrected chi connectivity index (χ1v) is 29.0. The number of carbonyl (C=O) groups excluding carboxylic acids is 7. The van der Waals surface area contributed by atoms with E-state index in [2.05, 4.69) is 31.9 Å². The fourth-order valence-corrected chi connectivity index (χ4v) is 10.0. The summed E-state index contributed by atoms with van der Waals surface area (Å²) in [5.74, 6) is -6.52. The fraction of sp³-hybridized carbons (Fsp3) is 0.476. The number of ketones is 1. The zero-order chi connectivity index (χ0) is 61.1. The van der Waals surface area contributed by atoms with Crippen LogP contribution in [0.5, 0.6) is 11.5 Å². The van der Waals surface area contributed by atoms with Gasteiger partial charge in [-0.05, 0) is 122 Å². The average Bonchev–Trinajstić information content (AvgIpc) is 3.58. The molecule has 5 rings (SSSR count). The first-order chi connectivity index (χ1) is 40.2. The van der Waals surface area contributed by atoms with Gasteiger partial charge >= 0.3 is 11.9 Å². The maximum Gasteiger partial charge on any atom is 0.341 e. The molecule has 0 heterocycles. The normalized spacial score (nSPS) is 14.9. The minimum Gasteiger partial charge on any atom is -0.482 e. The lowest BCUT2D eigenvalue weighted by Crippen LogP contribution is -2.60. The van der Waals surface area contributed by atoms with E-state index in [1.165, 1.54) is 19.1 Å². The Labute approximate surface area is 491 Å². The first kappa shape index (κ1) is 66.6. The van der Waals surface area contributed by atoms with Crippen LogP contribution in [0.3, 0.4) is 0 Å². The van der Waals surface area contributed by atoms with Crippen LogP contribution in [0.4, 0.5) is 0 Å². The van der Waals surface area contributed by atoms with Gasteiger partial charge in [-0.3, -0.25) is 33.6 Å². The molecule has 21 heteroatoms. The number of nitrogens with one attached hydrogen (secondary N) is 6. The fourth-order valence-electron chi connectivity index (χ4n) is 10.0. The van der Waals surface area contributed by atoms with E-state index in [-0.39, 0.29) is 81.4 Å². The highest BCUT2D eigenvalue weighted by atomic mass is 16.5. The second-order valence-corrected chi connectivity index (χ2v) is 22.1. The third-order valence-electron chi connectivity index (χ3n) is 14.6. The minimum absolute atomic E-state index is 0.00860. The molecule has 84 heavy (non-hydrogen) atoms. The maximum absolute atomic E-state index is 14.9. The van der Waals surface area contributed by atoms with Crippen molar-refractivity contribution in [3.8, 4) is 22.6 Å². The second-order valence-electron chi connectivity index (χ2n) is 22.1. The lowest BCUT2D eigenvalue weighted by Gasteiger charge is -2.29. The van der Waals surface area contributed by atoms with Crippen molar-refractivity contribution in [2.45, 2.75) is 147 Å². The summed E-state index contributed by atoms with van der Waals surface area (Å²) in [5, 5.41) is 35.2. The van der Waals surface area contributed by atoms with Crippen LogP contribution >= 0.6 is 0 Å². The lowest BCUT2D eigenvalue weighted by atomic mass is 9.84. The summed E-state index contributed by atoms with van der Waals surface area (Å²) >= 11 is 0. The molecule has 1 fully saturated rings. The predicted molar refractivity (Wildman–Crippen MR) is 316 cm³/mol. The van der Waals surface area contributed by atoms with Crippen molar-refractivity contribution in [2.75, 3.05) is 26.3 Å². The van der Waals surface area contributed by atoms with Gasteiger partial charge in [0.2, 0.25) is 35.4 Å². The molecule has 7 atom stereocenters. The van der Waals surface area contributed by atoms with Crippen LogP contribution in [0.25, 0.3) is 11.1 Å². The number of carboxylic acids is 2. The molecule has 0 saturated heterocycles. The smallest absolute Gasteiger partial charge is 0.341 e. The van der Waals surface area contributed by atoms with Crippen LogP contribution in [-0.4, -0.2) is 126 Å². The topological polar surface area (TPSA) is 337 Å². The van der Waals surface area contributed by atoms with Crippen LogP contribution < -0.4 is 52.8 Å². The highest BCUT2D eigenvalue weighted by Crippen LogP contribution is 2.28. The number of Topliss-reactive ketones (excluding diaryl/α,β-unsaturated/α-hetero) is 1. The Morgan fingerprint density at radius 2 is 0.905 bits per heavy atom. The summed E-state index contributed by atoms with van der Waals surface area (Å²) in [6.45, 7) is 5.85. The molecule has 0 unspecified atom stereocenters. The van der Waals surface area contributed by atoms with Crippen molar-refractivity contribution in [3.05, 3.63) is 120 Å². The summed E-state index contributed by atoms with van der Waals surface area (Å²) in [5.41, 5.74) is 15.7. The summed E-state index contributed by atoms with van der Waals surface area (Å²) in [7, 11) is 0. The molecule has 6 amide bonds. The van der Waals surface area contributed by atoms with Gasteiger partial charge in [0.15, 0.2) is 19.0 Å². The highest BCUT2D eigenvalue weighted by Gasteiger charge is 2.35. The number of hydrogen-bond donors (Lipinski definition) is 10. The molecule has 454 valence electrons. The number of benzene rings is 4. The molecular weight excluding hydrogens is 1080 g/mol. The summed E-state index contributed by atoms with van der Waals surface area (Å²) in [4.78, 5) is 121. The van der Waals surface area contributed by atoms with Crippen LogP contribution in [0.2, 0.25) is 0 Å². The third-order valence-corrected chi connectivity index (χ3v) is 14.6. The van der Waals surface area contributed by atoms with E-state index < -0.39 is 103 Å². The Kier molecular flexibility index (Phi) is 27.3. The van der Waals surface area contributed by atoms with Crippen molar-refractivity contribution < 1.29 is 62.8 Å². The van der Waals surface area contributed by atoms with Crippen molar-refractivity contribution in [2.24, 2.45) is 29.2 Å². The molecule has 4 aromatic rings. The van der Waals surface area contributed by atoms with E-state index >= 15 is 0 Å². The number of hydrogen-bond acceptors (Lipinski definition) is 13. The van der Waals surface area contributed by atoms with E-state index in [4.69, 9.17) is 26.0 Å².